The van der Waals surface area contributed by atoms with Crippen molar-refractivity contribution in [1.82, 2.24) is 0 Å². The van der Waals surface area contributed by atoms with Gasteiger partial charge in [-0.25, -0.2) is 0 Å². The average Bonchev–Trinajstić information content (AvgIpc) is 2.23. The molecule has 0 fully saturated rings. The number of hydrogen-bond acceptors (Lipinski definition) is 4. The smallest absolute Gasteiger partial charge is 0.180 e. The molecule has 0 saturated carbocycles. The van der Waals surface area contributed by atoms with E-state index >= 15 is 0 Å². The van der Waals surface area contributed by atoms with Crippen molar-refractivity contribution in [3.05, 3.63) is 29.3 Å². The van der Waals surface area contributed by atoms with Gasteiger partial charge >= 0.3 is 0 Å². The molecule has 0 amide bonds. The molecule has 1 aromatic carbocycles. The summed E-state index contributed by atoms with van der Waals surface area (Å²) >= 11 is 1.32. The predicted molar refractivity (Wildman–Crippen MR) is 65.6 cm³/mol. The van der Waals surface area contributed by atoms with Gasteiger partial charge in [-0.2, -0.15) is 5.10 Å². The number of thioether (sulfide) groups is 1. The molecule has 0 bridgehead atoms. The lowest BCUT2D eigenvalue weighted by atomic mass is 10.1. The van der Waals surface area contributed by atoms with Gasteiger partial charge in [0.1, 0.15) is 5.75 Å². The van der Waals surface area contributed by atoms with Gasteiger partial charge in [-0.15, -0.1) is 5.10 Å². The van der Waals surface area contributed by atoms with E-state index in [9.17, 15) is 5.11 Å². The van der Waals surface area contributed by atoms with E-state index in [0.29, 0.717) is 10.7 Å². The van der Waals surface area contributed by atoms with Crippen LogP contribution in [0.5, 0.6) is 5.75 Å². The number of hydrogen-bond donors (Lipinski definition) is 2. The van der Waals surface area contributed by atoms with E-state index in [4.69, 9.17) is 5.73 Å². The number of aryl methyl sites for hydroxylation is 1. The molecule has 1 rings (SSSR count). The quantitative estimate of drug-likeness (QED) is 0.455. The van der Waals surface area contributed by atoms with Crippen LogP contribution in [-0.2, 0) is 0 Å². The first-order valence-electron chi connectivity index (χ1n) is 4.33. The summed E-state index contributed by atoms with van der Waals surface area (Å²) in [7, 11) is 0. The topological polar surface area (TPSA) is 71.0 Å². The van der Waals surface area contributed by atoms with Gasteiger partial charge in [0, 0.05) is 5.56 Å². The average molecular weight is 223 g/mol. The summed E-state index contributed by atoms with van der Waals surface area (Å²) in [5.74, 6) is 0.183. The van der Waals surface area contributed by atoms with Gasteiger partial charge < -0.3 is 10.8 Å². The van der Waals surface area contributed by atoms with Crippen molar-refractivity contribution >= 4 is 23.1 Å². The molecule has 3 N–H and O–H groups in total. The fraction of sp³-hybridized carbons (Fsp3) is 0.200. The minimum absolute atomic E-state index is 0.183. The van der Waals surface area contributed by atoms with Gasteiger partial charge in [-0.1, -0.05) is 23.4 Å². The third-order valence-electron chi connectivity index (χ3n) is 1.75. The Bertz CT molecular complexity index is 402. The van der Waals surface area contributed by atoms with Crippen molar-refractivity contribution < 1.29 is 5.11 Å². The SMILES string of the molecule is CS/C(N)=N\N=C/c1cc(C)ccc1O. The highest BCUT2D eigenvalue weighted by Crippen LogP contribution is 2.15. The molecule has 0 aliphatic carbocycles. The van der Waals surface area contributed by atoms with Crippen molar-refractivity contribution in [2.24, 2.45) is 15.9 Å². The lowest BCUT2D eigenvalue weighted by Crippen LogP contribution is -2.03. The molecule has 5 heteroatoms. The minimum atomic E-state index is 0.183. The number of phenols is 1. The van der Waals surface area contributed by atoms with Gasteiger partial charge in [0.05, 0.1) is 6.21 Å². The third-order valence-corrected chi connectivity index (χ3v) is 2.25. The van der Waals surface area contributed by atoms with E-state index < -0.39 is 0 Å². The van der Waals surface area contributed by atoms with Crippen molar-refractivity contribution in [1.29, 1.82) is 0 Å². The molecule has 0 radical (unpaired) electrons. The Morgan fingerprint density at radius 2 is 2.27 bits per heavy atom. The zero-order valence-corrected chi connectivity index (χ0v) is 9.45. The van der Waals surface area contributed by atoms with Gasteiger partial charge in [-0.3, -0.25) is 0 Å². The molecule has 0 aliphatic rings. The fourth-order valence-corrected chi connectivity index (χ4v) is 1.09. The Morgan fingerprint density at radius 1 is 1.53 bits per heavy atom. The second kappa shape index (κ2) is 5.41. The Balaban J connectivity index is 2.84. The molecule has 0 heterocycles. The maximum absolute atomic E-state index is 9.48. The Hall–Kier alpha value is -1.49. The van der Waals surface area contributed by atoms with Crippen LogP contribution in [0.4, 0.5) is 0 Å². The monoisotopic (exact) mass is 223 g/mol. The van der Waals surface area contributed by atoms with Gasteiger partial charge in [0.25, 0.3) is 0 Å². The van der Waals surface area contributed by atoms with Crippen molar-refractivity contribution in [2.45, 2.75) is 6.92 Å². The first kappa shape index (κ1) is 11.6. The van der Waals surface area contributed by atoms with E-state index in [0.717, 1.165) is 5.56 Å². The van der Waals surface area contributed by atoms with Crippen LogP contribution in [0.15, 0.2) is 28.4 Å². The molecule has 0 atom stereocenters. The van der Waals surface area contributed by atoms with Crippen LogP contribution in [0, 0.1) is 6.92 Å². The lowest BCUT2D eigenvalue weighted by molar-refractivity contribution is 0.474. The standard InChI is InChI=1S/C10H13N3OS/c1-7-3-4-9(14)8(5-7)6-12-13-10(11)15-2/h3-6,14H,1-2H3,(H2,11,13)/b12-6-. The van der Waals surface area contributed by atoms with Crippen molar-refractivity contribution in [2.75, 3.05) is 6.26 Å². The summed E-state index contributed by atoms with van der Waals surface area (Å²) in [5, 5.41) is 17.4. The second-order valence-corrected chi connectivity index (χ2v) is 3.78. The summed E-state index contributed by atoms with van der Waals surface area (Å²) in [4.78, 5) is 0. The molecule has 0 unspecified atom stereocenters. The van der Waals surface area contributed by atoms with Crippen LogP contribution in [-0.4, -0.2) is 22.7 Å². The molecule has 0 aliphatic heterocycles. The number of amidine groups is 1. The Morgan fingerprint density at radius 3 is 2.93 bits per heavy atom. The zero-order valence-electron chi connectivity index (χ0n) is 8.64. The molecule has 0 saturated heterocycles. The number of benzene rings is 1. The molecular formula is C10H13N3OS. The second-order valence-electron chi connectivity index (χ2n) is 2.95. The van der Waals surface area contributed by atoms with Gasteiger partial charge in [0.2, 0.25) is 0 Å². The summed E-state index contributed by atoms with van der Waals surface area (Å²) in [6.45, 7) is 1.94. The maximum atomic E-state index is 9.48. The largest absolute Gasteiger partial charge is 0.507 e. The van der Waals surface area contributed by atoms with E-state index in [1.165, 1.54) is 18.0 Å². The van der Waals surface area contributed by atoms with Crippen LogP contribution >= 0.6 is 11.8 Å². The molecule has 80 valence electrons. The summed E-state index contributed by atoms with van der Waals surface area (Å²) in [5.41, 5.74) is 7.13. The summed E-state index contributed by atoms with van der Waals surface area (Å²) in [6.07, 6.45) is 3.30. The van der Waals surface area contributed by atoms with Crippen LogP contribution < -0.4 is 5.73 Å². The van der Waals surface area contributed by atoms with Gasteiger partial charge in [0.15, 0.2) is 5.17 Å². The molecule has 1 aromatic rings. The predicted octanol–water partition coefficient (Wildman–Crippen LogP) is 1.71. The molecule has 0 aromatic heterocycles. The number of nitrogens with zero attached hydrogens (tertiary/aromatic N) is 2. The maximum Gasteiger partial charge on any atom is 0.180 e. The zero-order chi connectivity index (χ0) is 11.3. The highest BCUT2D eigenvalue weighted by molar-refractivity contribution is 8.13. The van der Waals surface area contributed by atoms with Crippen molar-refractivity contribution in [3.8, 4) is 5.75 Å². The van der Waals surface area contributed by atoms with Crippen LogP contribution in [0.25, 0.3) is 0 Å². The molecule has 15 heavy (non-hydrogen) atoms. The molecule has 0 spiro atoms. The number of aromatic hydroxyl groups is 1. The first-order chi connectivity index (χ1) is 7.13. The van der Waals surface area contributed by atoms with E-state index in [2.05, 4.69) is 10.2 Å². The van der Waals surface area contributed by atoms with Crippen LogP contribution in [0.3, 0.4) is 0 Å². The molecular weight excluding hydrogens is 210 g/mol. The fourth-order valence-electron chi connectivity index (χ4n) is 0.966. The number of rotatable bonds is 2. The van der Waals surface area contributed by atoms with Gasteiger partial charge in [-0.05, 0) is 25.3 Å². The Labute approximate surface area is 92.9 Å². The highest BCUT2D eigenvalue weighted by Gasteiger charge is 1.97. The van der Waals surface area contributed by atoms with E-state index in [-0.39, 0.29) is 5.75 Å². The van der Waals surface area contributed by atoms with Crippen molar-refractivity contribution in [3.63, 3.8) is 0 Å². The van der Waals surface area contributed by atoms with E-state index in [1.54, 1.807) is 6.07 Å². The number of nitrogens with two attached hydrogens (primary N) is 1. The highest BCUT2D eigenvalue weighted by atomic mass is 32.2. The molecule has 4 nitrogen and oxygen atoms in total. The van der Waals surface area contributed by atoms with Crippen LogP contribution in [0.2, 0.25) is 0 Å². The first-order valence-corrected chi connectivity index (χ1v) is 5.56. The summed E-state index contributed by atoms with van der Waals surface area (Å²) < 4.78 is 0. The normalized spacial score (nSPS) is 12.3. The van der Waals surface area contributed by atoms with E-state index in [1.807, 2.05) is 25.3 Å². The lowest BCUT2D eigenvalue weighted by Gasteiger charge is -1.98. The Kier molecular flexibility index (Phi) is 4.17. The number of phenolic OH excluding ortho intramolecular Hbond substituents is 1. The third kappa shape index (κ3) is 3.63. The summed E-state index contributed by atoms with van der Waals surface area (Å²) in [6, 6.07) is 5.27. The minimum Gasteiger partial charge on any atom is -0.507 e. The van der Waals surface area contributed by atoms with Crippen LogP contribution in [0.1, 0.15) is 11.1 Å².